The van der Waals surface area contributed by atoms with Crippen molar-refractivity contribution in [2.45, 2.75) is 37.0 Å². The van der Waals surface area contributed by atoms with Gasteiger partial charge in [-0.2, -0.15) is 4.98 Å². The molecule has 0 spiro atoms. The Morgan fingerprint density at radius 1 is 1.00 bits per heavy atom. The van der Waals surface area contributed by atoms with Crippen LogP contribution < -0.4 is 0 Å². The third-order valence-electron chi connectivity index (χ3n) is 3.19. The second kappa shape index (κ2) is 5.85. The summed E-state index contributed by atoms with van der Waals surface area (Å²) in [6.07, 6.45) is 0. The molecule has 1 aromatic carbocycles. The smallest absolute Gasteiger partial charge is 0.239 e. The zero-order valence-electron chi connectivity index (χ0n) is 12.3. The average Bonchev–Trinajstić information content (AvgIpc) is 2.97. The summed E-state index contributed by atoms with van der Waals surface area (Å²) in [5.41, 5.74) is 1.00. The van der Waals surface area contributed by atoms with Crippen molar-refractivity contribution in [2.75, 3.05) is 0 Å². The van der Waals surface area contributed by atoms with Gasteiger partial charge in [-0.25, -0.2) is 4.98 Å². The Labute approximate surface area is 128 Å². The zero-order chi connectivity index (χ0) is 14.8. The number of hydrogen-bond donors (Lipinski definition) is 0. The molecule has 5 heteroatoms. The predicted molar refractivity (Wildman–Crippen MR) is 84.4 cm³/mol. The van der Waals surface area contributed by atoms with E-state index in [4.69, 9.17) is 4.52 Å². The molecule has 0 saturated heterocycles. The van der Waals surface area contributed by atoms with Gasteiger partial charge in [0.05, 0.1) is 15.8 Å². The second-order valence-corrected chi connectivity index (χ2v) is 6.61. The van der Waals surface area contributed by atoms with Gasteiger partial charge in [0.2, 0.25) is 5.89 Å². The molecule has 2 heterocycles. The third-order valence-corrected chi connectivity index (χ3v) is 4.22. The number of benzene rings is 1. The minimum atomic E-state index is 0.0821. The summed E-state index contributed by atoms with van der Waals surface area (Å²) in [6.45, 7) is 6.16. The van der Waals surface area contributed by atoms with E-state index in [2.05, 4.69) is 48.0 Å². The number of aromatic nitrogens is 3. The molecule has 108 valence electrons. The van der Waals surface area contributed by atoms with Gasteiger partial charge in [0, 0.05) is 11.3 Å². The van der Waals surface area contributed by atoms with Gasteiger partial charge >= 0.3 is 0 Å². The number of nitrogens with zero attached hydrogens (tertiary/aromatic N) is 3. The lowest BCUT2D eigenvalue weighted by Crippen LogP contribution is -1.93. The molecule has 0 saturated carbocycles. The maximum atomic E-state index is 5.34. The summed E-state index contributed by atoms with van der Waals surface area (Å²) in [5, 5.41) is 6.20. The highest BCUT2D eigenvalue weighted by atomic mass is 32.2. The lowest BCUT2D eigenvalue weighted by molar-refractivity contribution is 0.373. The average molecular weight is 299 g/mol. The van der Waals surface area contributed by atoms with Crippen LogP contribution in [-0.4, -0.2) is 15.1 Å². The summed E-state index contributed by atoms with van der Waals surface area (Å²) in [4.78, 5) is 9.10. The highest BCUT2D eigenvalue weighted by molar-refractivity contribution is 7.99. The normalized spacial score (nSPS) is 13.0. The van der Waals surface area contributed by atoms with Gasteiger partial charge in [-0.05, 0) is 19.1 Å². The van der Waals surface area contributed by atoms with E-state index in [1.807, 2.05) is 24.3 Å². The summed E-state index contributed by atoms with van der Waals surface area (Å²) in [7, 11) is 0. The fourth-order valence-electron chi connectivity index (χ4n) is 1.99. The van der Waals surface area contributed by atoms with Crippen LogP contribution in [0.15, 0.2) is 45.9 Å². The molecule has 0 aliphatic carbocycles. The molecule has 1 unspecified atom stereocenters. The number of pyridine rings is 1. The van der Waals surface area contributed by atoms with Crippen LogP contribution in [0.25, 0.3) is 10.9 Å². The van der Waals surface area contributed by atoms with Crippen LogP contribution in [0.3, 0.4) is 0 Å². The fourth-order valence-corrected chi connectivity index (χ4v) is 2.85. The number of para-hydroxylation sites is 1. The first-order valence-electron chi connectivity index (χ1n) is 6.99. The first kappa shape index (κ1) is 14.1. The van der Waals surface area contributed by atoms with Crippen LogP contribution in [0.5, 0.6) is 0 Å². The molecule has 0 radical (unpaired) electrons. The Kier molecular flexibility index (Phi) is 3.92. The van der Waals surface area contributed by atoms with Crippen LogP contribution in [0.2, 0.25) is 0 Å². The maximum Gasteiger partial charge on any atom is 0.239 e. The van der Waals surface area contributed by atoms with Crippen LogP contribution in [-0.2, 0) is 0 Å². The van der Waals surface area contributed by atoms with Crippen molar-refractivity contribution in [3.8, 4) is 0 Å². The predicted octanol–water partition coefficient (Wildman–Crippen LogP) is 4.59. The van der Waals surface area contributed by atoms with E-state index in [0.29, 0.717) is 5.89 Å². The minimum absolute atomic E-state index is 0.0821. The first-order chi connectivity index (χ1) is 10.1. The lowest BCUT2D eigenvalue weighted by atomic mass is 10.2. The quantitative estimate of drug-likeness (QED) is 0.659. The number of hydrogen-bond acceptors (Lipinski definition) is 5. The van der Waals surface area contributed by atoms with Gasteiger partial charge in [-0.15, -0.1) is 0 Å². The molecule has 2 aromatic heterocycles. The monoisotopic (exact) mass is 299 g/mol. The van der Waals surface area contributed by atoms with Crippen molar-refractivity contribution < 1.29 is 4.52 Å². The molecule has 1 atom stereocenters. The van der Waals surface area contributed by atoms with E-state index in [1.54, 1.807) is 11.8 Å². The van der Waals surface area contributed by atoms with Gasteiger partial charge in [0.1, 0.15) is 0 Å². The van der Waals surface area contributed by atoms with E-state index in [0.717, 1.165) is 21.8 Å². The Bertz CT molecular complexity index is 754. The second-order valence-electron chi connectivity index (χ2n) is 5.25. The third kappa shape index (κ3) is 3.08. The molecule has 0 fully saturated rings. The van der Waals surface area contributed by atoms with Crippen molar-refractivity contribution in [3.63, 3.8) is 0 Å². The van der Waals surface area contributed by atoms with Crippen LogP contribution in [0.4, 0.5) is 0 Å². The van der Waals surface area contributed by atoms with E-state index in [1.165, 1.54) is 0 Å². The highest BCUT2D eigenvalue weighted by Crippen LogP contribution is 2.33. The topological polar surface area (TPSA) is 51.8 Å². The van der Waals surface area contributed by atoms with Crippen molar-refractivity contribution in [1.29, 1.82) is 0 Å². The largest absolute Gasteiger partial charge is 0.338 e. The van der Waals surface area contributed by atoms with Gasteiger partial charge < -0.3 is 4.52 Å². The van der Waals surface area contributed by atoms with Crippen LogP contribution in [0.1, 0.15) is 43.7 Å². The molecule has 0 amide bonds. The van der Waals surface area contributed by atoms with Crippen molar-refractivity contribution >= 4 is 22.7 Å². The molecular formula is C16H17N3OS. The zero-order valence-corrected chi connectivity index (χ0v) is 13.1. The number of fused-ring (bicyclic) bond motifs is 1. The van der Waals surface area contributed by atoms with Crippen molar-refractivity contribution in [1.82, 2.24) is 15.1 Å². The molecule has 21 heavy (non-hydrogen) atoms. The molecule has 0 bridgehead atoms. The molecule has 0 aliphatic rings. The summed E-state index contributed by atoms with van der Waals surface area (Å²) >= 11 is 1.63. The minimum Gasteiger partial charge on any atom is -0.338 e. The van der Waals surface area contributed by atoms with E-state index in [9.17, 15) is 0 Å². The van der Waals surface area contributed by atoms with Crippen LogP contribution in [0, 0.1) is 0 Å². The fraction of sp³-hybridized carbons (Fsp3) is 0.312. The molecule has 4 nitrogen and oxygen atoms in total. The van der Waals surface area contributed by atoms with Crippen molar-refractivity contribution in [3.05, 3.63) is 48.1 Å². The standard InChI is InChI=1S/C16H17N3OS/c1-10(2)15-18-16(20-19-15)11(3)21-14-9-8-12-6-4-5-7-13(12)17-14/h4-11H,1-3H3. The van der Waals surface area contributed by atoms with Gasteiger partial charge in [0.25, 0.3) is 0 Å². The van der Waals surface area contributed by atoms with E-state index < -0.39 is 0 Å². The molecule has 0 aliphatic heterocycles. The summed E-state index contributed by atoms with van der Waals surface area (Å²) < 4.78 is 5.34. The molecular weight excluding hydrogens is 282 g/mol. The highest BCUT2D eigenvalue weighted by Gasteiger charge is 2.17. The Balaban J connectivity index is 1.80. The SMILES string of the molecule is CC(C)c1noc(C(C)Sc2ccc3ccccc3n2)n1. The van der Waals surface area contributed by atoms with E-state index >= 15 is 0 Å². The lowest BCUT2D eigenvalue weighted by Gasteiger charge is -2.06. The molecule has 0 N–H and O–H groups in total. The Hall–Kier alpha value is -1.88. The van der Waals surface area contributed by atoms with Gasteiger partial charge in [0.15, 0.2) is 5.82 Å². The molecule has 3 aromatic rings. The number of rotatable bonds is 4. The molecule has 3 rings (SSSR count). The van der Waals surface area contributed by atoms with Gasteiger partial charge in [-0.1, -0.05) is 55.0 Å². The first-order valence-corrected chi connectivity index (χ1v) is 7.87. The Morgan fingerprint density at radius 2 is 1.81 bits per heavy atom. The maximum absolute atomic E-state index is 5.34. The Morgan fingerprint density at radius 3 is 2.57 bits per heavy atom. The van der Waals surface area contributed by atoms with Crippen molar-refractivity contribution in [2.24, 2.45) is 0 Å². The van der Waals surface area contributed by atoms with Crippen LogP contribution >= 0.6 is 11.8 Å². The summed E-state index contributed by atoms with van der Waals surface area (Å²) in [6, 6.07) is 12.2. The van der Waals surface area contributed by atoms with E-state index in [-0.39, 0.29) is 11.2 Å². The number of thioether (sulfide) groups is 1. The van der Waals surface area contributed by atoms with Gasteiger partial charge in [-0.3, -0.25) is 0 Å². The summed E-state index contributed by atoms with van der Waals surface area (Å²) in [5.74, 6) is 1.68.